The Labute approximate surface area is 115 Å². The van der Waals surface area contributed by atoms with Crippen LogP contribution in [0.1, 0.15) is 39.5 Å². The summed E-state index contributed by atoms with van der Waals surface area (Å²) in [7, 11) is 0. The molecule has 4 heteroatoms. The van der Waals surface area contributed by atoms with Crippen molar-refractivity contribution in [2.45, 2.75) is 45.6 Å². The molecule has 0 aliphatic carbocycles. The lowest BCUT2D eigenvalue weighted by Crippen LogP contribution is -2.42. The van der Waals surface area contributed by atoms with Crippen molar-refractivity contribution < 1.29 is 4.79 Å². The molecule has 0 spiro atoms. The zero-order chi connectivity index (χ0) is 13.0. The molecular weight excluding hydrogens is 244 g/mol. The molecule has 1 amide bonds. The summed E-state index contributed by atoms with van der Waals surface area (Å²) in [6.07, 6.45) is 4.28. The second-order valence-corrected chi connectivity index (χ2v) is 7.40. The van der Waals surface area contributed by atoms with Crippen LogP contribution >= 0.6 is 11.8 Å². The van der Waals surface area contributed by atoms with Gasteiger partial charge in [0.05, 0.1) is 0 Å². The number of amides is 1. The van der Waals surface area contributed by atoms with Gasteiger partial charge in [-0.1, -0.05) is 13.8 Å². The van der Waals surface area contributed by atoms with Crippen LogP contribution in [-0.4, -0.2) is 48.0 Å². The fourth-order valence-corrected chi connectivity index (χ4v) is 4.21. The summed E-state index contributed by atoms with van der Waals surface area (Å²) in [5, 5.41) is 3.56. The molecule has 0 aromatic heterocycles. The molecule has 2 heterocycles. The lowest BCUT2D eigenvalue weighted by Gasteiger charge is -2.35. The standard InChI is InChI=1S/C14H26N2OS/c1-14(2)9-12(10-18-11-14)15-6-5-13(17)16-7-3-4-8-16/h12,15H,3-11H2,1-2H3. The molecule has 0 saturated carbocycles. The summed E-state index contributed by atoms with van der Waals surface area (Å²) in [5.41, 5.74) is 0.444. The Morgan fingerprint density at radius 1 is 1.39 bits per heavy atom. The summed E-state index contributed by atoms with van der Waals surface area (Å²) in [6, 6.07) is 0.588. The van der Waals surface area contributed by atoms with E-state index in [2.05, 4.69) is 19.2 Å². The van der Waals surface area contributed by atoms with E-state index in [9.17, 15) is 4.79 Å². The second-order valence-electron chi connectivity index (χ2n) is 6.37. The van der Waals surface area contributed by atoms with Gasteiger partial charge in [-0.2, -0.15) is 11.8 Å². The predicted octanol–water partition coefficient (Wildman–Crippen LogP) is 2.12. The smallest absolute Gasteiger partial charge is 0.223 e. The van der Waals surface area contributed by atoms with E-state index in [0.29, 0.717) is 23.8 Å². The monoisotopic (exact) mass is 270 g/mol. The molecule has 1 atom stereocenters. The van der Waals surface area contributed by atoms with Crippen LogP contribution in [0.4, 0.5) is 0 Å². The predicted molar refractivity (Wildman–Crippen MR) is 77.9 cm³/mol. The number of nitrogens with zero attached hydrogens (tertiary/aromatic N) is 1. The van der Waals surface area contributed by atoms with Gasteiger partial charge in [-0.05, 0) is 30.4 Å². The average molecular weight is 270 g/mol. The molecule has 2 aliphatic rings. The van der Waals surface area contributed by atoms with E-state index in [1.54, 1.807) is 0 Å². The van der Waals surface area contributed by atoms with Gasteiger partial charge in [0.1, 0.15) is 0 Å². The van der Waals surface area contributed by atoms with Gasteiger partial charge in [-0.3, -0.25) is 4.79 Å². The number of likely N-dealkylation sites (tertiary alicyclic amines) is 1. The highest BCUT2D eigenvalue weighted by Crippen LogP contribution is 2.33. The molecule has 0 radical (unpaired) electrons. The summed E-state index contributed by atoms with van der Waals surface area (Å²) < 4.78 is 0. The minimum Gasteiger partial charge on any atom is -0.343 e. The molecule has 0 bridgehead atoms. The highest BCUT2D eigenvalue weighted by atomic mass is 32.2. The average Bonchev–Trinajstić information content (AvgIpc) is 2.81. The van der Waals surface area contributed by atoms with Crippen LogP contribution in [0.25, 0.3) is 0 Å². The SMILES string of the molecule is CC1(C)CSCC(NCCC(=O)N2CCCC2)C1. The van der Waals surface area contributed by atoms with E-state index >= 15 is 0 Å². The summed E-state index contributed by atoms with van der Waals surface area (Å²) in [5.74, 6) is 2.79. The molecule has 18 heavy (non-hydrogen) atoms. The van der Waals surface area contributed by atoms with Crippen molar-refractivity contribution in [1.29, 1.82) is 0 Å². The molecule has 0 aromatic rings. The van der Waals surface area contributed by atoms with Gasteiger partial charge < -0.3 is 10.2 Å². The summed E-state index contributed by atoms with van der Waals surface area (Å²) in [6.45, 7) is 7.47. The highest BCUT2D eigenvalue weighted by molar-refractivity contribution is 7.99. The molecule has 2 saturated heterocycles. The number of hydrogen-bond acceptors (Lipinski definition) is 3. The van der Waals surface area contributed by atoms with Crippen molar-refractivity contribution in [2.75, 3.05) is 31.1 Å². The zero-order valence-electron chi connectivity index (χ0n) is 11.7. The Morgan fingerprint density at radius 2 is 2.11 bits per heavy atom. The van der Waals surface area contributed by atoms with Crippen LogP contribution in [0.5, 0.6) is 0 Å². The van der Waals surface area contributed by atoms with E-state index in [1.807, 2.05) is 16.7 Å². The third-order valence-corrected chi connectivity index (χ3v) is 5.47. The molecule has 1 unspecified atom stereocenters. The Hall–Kier alpha value is -0.220. The molecule has 1 N–H and O–H groups in total. The molecule has 3 nitrogen and oxygen atoms in total. The quantitative estimate of drug-likeness (QED) is 0.849. The van der Waals surface area contributed by atoms with Crippen LogP contribution in [0.2, 0.25) is 0 Å². The largest absolute Gasteiger partial charge is 0.343 e. The van der Waals surface area contributed by atoms with Crippen molar-refractivity contribution in [3.63, 3.8) is 0 Å². The fraction of sp³-hybridized carbons (Fsp3) is 0.929. The first-order valence-corrected chi connectivity index (χ1v) is 8.31. The van der Waals surface area contributed by atoms with Crippen LogP contribution in [0.15, 0.2) is 0 Å². The fourth-order valence-electron chi connectivity index (χ4n) is 2.90. The highest BCUT2D eigenvalue weighted by Gasteiger charge is 2.28. The van der Waals surface area contributed by atoms with Crippen molar-refractivity contribution in [3.8, 4) is 0 Å². The Kier molecular flexibility index (Phi) is 4.96. The van der Waals surface area contributed by atoms with Gasteiger partial charge in [-0.25, -0.2) is 0 Å². The van der Waals surface area contributed by atoms with Crippen LogP contribution in [-0.2, 0) is 4.79 Å². The first kappa shape index (κ1) is 14.2. The Morgan fingerprint density at radius 3 is 2.78 bits per heavy atom. The van der Waals surface area contributed by atoms with Gasteiger partial charge in [0.15, 0.2) is 0 Å². The van der Waals surface area contributed by atoms with E-state index < -0.39 is 0 Å². The van der Waals surface area contributed by atoms with Crippen LogP contribution in [0, 0.1) is 5.41 Å². The maximum atomic E-state index is 11.9. The van der Waals surface area contributed by atoms with Gasteiger partial charge in [0.25, 0.3) is 0 Å². The van der Waals surface area contributed by atoms with Crippen molar-refractivity contribution >= 4 is 17.7 Å². The van der Waals surface area contributed by atoms with E-state index in [4.69, 9.17) is 0 Å². The lowest BCUT2D eigenvalue weighted by atomic mass is 9.88. The first-order valence-electron chi connectivity index (χ1n) is 7.16. The number of nitrogens with one attached hydrogen (secondary N) is 1. The summed E-state index contributed by atoms with van der Waals surface area (Å²) >= 11 is 2.04. The number of rotatable bonds is 4. The third kappa shape index (κ3) is 4.16. The summed E-state index contributed by atoms with van der Waals surface area (Å²) in [4.78, 5) is 13.9. The van der Waals surface area contributed by atoms with Gasteiger partial charge >= 0.3 is 0 Å². The first-order chi connectivity index (χ1) is 8.57. The van der Waals surface area contributed by atoms with E-state index in [0.717, 1.165) is 19.6 Å². The number of carbonyl (C=O) groups is 1. The van der Waals surface area contributed by atoms with Crippen molar-refractivity contribution in [2.24, 2.45) is 5.41 Å². The van der Waals surface area contributed by atoms with Gasteiger partial charge in [0, 0.05) is 37.8 Å². The molecule has 104 valence electrons. The molecular formula is C14H26N2OS. The number of carbonyl (C=O) groups excluding carboxylic acids is 1. The zero-order valence-corrected chi connectivity index (χ0v) is 12.5. The minimum atomic E-state index is 0.336. The lowest BCUT2D eigenvalue weighted by molar-refractivity contribution is -0.130. The minimum absolute atomic E-state index is 0.336. The van der Waals surface area contributed by atoms with Crippen molar-refractivity contribution in [1.82, 2.24) is 10.2 Å². The second kappa shape index (κ2) is 6.29. The normalized spacial score (nSPS) is 27.4. The van der Waals surface area contributed by atoms with E-state index in [1.165, 1.54) is 30.8 Å². The molecule has 2 aliphatic heterocycles. The molecule has 2 fully saturated rings. The Bertz CT molecular complexity index is 288. The number of thioether (sulfide) groups is 1. The van der Waals surface area contributed by atoms with Crippen molar-refractivity contribution in [3.05, 3.63) is 0 Å². The molecule has 0 aromatic carbocycles. The maximum absolute atomic E-state index is 11.9. The van der Waals surface area contributed by atoms with Gasteiger partial charge in [0.2, 0.25) is 5.91 Å². The van der Waals surface area contributed by atoms with Crippen LogP contribution in [0.3, 0.4) is 0 Å². The molecule has 2 rings (SSSR count). The van der Waals surface area contributed by atoms with Gasteiger partial charge in [-0.15, -0.1) is 0 Å². The van der Waals surface area contributed by atoms with E-state index in [-0.39, 0.29) is 0 Å². The maximum Gasteiger partial charge on any atom is 0.223 e. The third-order valence-electron chi connectivity index (χ3n) is 3.84. The topological polar surface area (TPSA) is 32.3 Å². The van der Waals surface area contributed by atoms with Crippen LogP contribution < -0.4 is 5.32 Å². The Balaban J connectivity index is 1.64. The number of hydrogen-bond donors (Lipinski definition) is 1.